The Morgan fingerprint density at radius 1 is 1.07 bits per heavy atom. The second-order valence-electron chi connectivity index (χ2n) is 2.78. The van der Waals surface area contributed by atoms with Crippen molar-refractivity contribution < 1.29 is 13.2 Å². The van der Waals surface area contributed by atoms with E-state index in [1.165, 1.54) is 6.07 Å². The summed E-state index contributed by atoms with van der Waals surface area (Å²) in [6.07, 6.45) is -4.40. The van der Waals surface area contributed by atoms with Crippen LogP contribution >= 0.6 is 11.6 Å². The second-order valence-corrected chi connectivity index (χ2v) is 3.12. The van der Waals surface area contributed by atoms with Crippen molar-refractivity contribution in [2.75, 3.05) is 0 Å². The Kier molecular flexibility index (Phi) is 2.22. The molecule has 7 heteroatoms. The molecule has 0 unspecified atom stereocenters. The average molecular weight is 234 g/mol. The van der Waals surface area contributed by atoms with Crippen LogP contribution in [0.5, 0.6) is 0 Å². The second kappa shape index (κ2) is 3.30. The number of aromatic nitrogens is 3. The number of halogens is 4. The highest BCUT2D eigenvalue weighted by atomic mass is 35.5. The first-order valence-corrected chi connectivity index (χ1v) is 4.22. The van der Waals surface area contributed by atoms with Gasteiger partial charge in [-0.2, -0.15) is 13.2 Å². The molecule has 0 fully saturated rings. The van der Waals surface area contributed by atoms with Gasteiger partial charge in [0, 0.05) is 0 Å². The lowest BCUT2D eigenvalue weighted by Crippen LogP contribution is -2.05. The molecule has 0 radical (unpaired) electrons. The molecule has 15 heavy (non-hydrogen) atoms. The quantitative estimate of drug-likeness (QED) is 0.702. The van der Waals surface area contributed by atoms with Crippen molar-refractivity contribution >= 4 is 22.6 Å². The summed E-state index contributed by atoms with van der Waals surface area (Å²) in [6.45, 7) is 0. The van der Waals surface area contributed by atoms with E-state index in [9.17, 15) is 13.2 Å². The van der Waals surface area contributed by atoms with Gasteiger partial charge in [-0.25, -0.2) is 4.98 Å². The molecular weight excluding hydrogens is 231 g/mol. The molecule has 2 rings (SSSR count). The van der Waals surface area contributed by atoms with Crippen LogP contribution in [0.25, 0.3) is 11.0 Å². The number of nitrogens with zero attached hydrogens (tertiary/aromatic N) is 3. The third kappa shape index (κ3) is 1.99. The van der Waals surface area contributed by atoms with Gasteiger partial charge in [-0.1, -0.05) is 0 Å². The van der Waals surface area contributed by atoms with E-state index < -0.39 is 11.7 Å². The molecule has 78 valence electrons. The molecule has 1 aromatic carbocycles. The Balaban J connectivity index is 2.64. The van der Waals surface area contributed by atoms with Crippen LogP contribution in [-0.4, -0.2) is 15.2 Å². The number of hydrogen-bond donors (Lipinski definition) is 0. The van der Waals surface area contributed by atoms with Crippen molar-refractivity contribution in [1.29, 1.82) is 0 Å². The van der Waals surface area contributed by atoms with Gasteiger partial charge in [0.2, 0.25) is 5.28 Å². The topological polar surface area (TPSA) is 38.7 Å². The maximum absolute atomic E-state index is 12.3. The zero-order valence-electron chi connectivity index (χ0n) is 7.09. The molecule has 0 atom stereocenters. The first kappa shape index (κ1) is 10.1. The fraction of sp³-hybridized carbons (Fsp3) is 0.125. The van der Waals surface area contributed by atoms with Crippen LogP contribution in [0.1, 0.15) is 5.56 Å². The van der Waals surface area contributed by atoms with E-state index in [1.54, 1.807) is 0 Å². The van der Waals surface area contributed by atoms with Crippen LogP contribution < -0.4 is 0 Å². The number of rotatable bonds is 0. The minimum absolute atomic E-state index is 0.0739. The van der Waals surface area contributed by atoms with Gasteiger partial charge in [0.05, 0.1) is 11.1 Å². The van der Waals surface area contributed by atoms with Crippen molar-refractivity contribution in [3.63, 3.8) is 0 Å². The predicted molar refractivity (Wildman–Crippen MR) is 47.3 cm³/mol. The summed E-state index contributed by atoms with van der Waals surface area (Å²) in [5, 5.41) is 6.84. The van der Waals surface area contributed by atoms with E-state index in [0.717, 1.165) is 12.1 Å². The van der Waals surface area contributed by atoms with Gasteiger partial charge in [0.15, 0.2) is 0 Å². The maximum Gasteiger partial charge on any atom is 0.416 e. The van der Waals surface area contributed by atoms with Crippen LogP contribution in [0.3, 0.4) is 0 Å². The van der Waals surface area contributed by atoms with E-state index in [2.05, 4.69) is 15.2 Å². The third-order valence-electron chi connectivity index (χ3n) is 1.76. The number of hydrogen-bond acceptors (Lipinski definition) is 3. The zero-order valence-corrected chi connectivity index (χ0v) is 7.84. The monoisotopic (exact) mass is 233 g/mol. The summed E-state index contributed by atoms with van der Waals surface area (Å²) in [5.74, 6) is 0. The van der Waals surface area contributed by atoms with Gasteiger partial charge < -0.3 is 0 Å². The standard InChI is InChI=1S/C8H3ClF3N3/c9-7-13-6-3-4(8(10,11)12)1-2-5(6)14-15-7/h1-3H. The molecule has 1 aromatic heterocycles. The van der Waals surface area contributed by atoms with Crippen molar-refractivity contribution in [3.05, 3.63) is 29.0 Å². The van der Waals surface area contributed by atoms with Crippen LogP contribution in [-0.2, 0) is 6.18 Å². The minimum atomic E-state index is -4.40. The smallest absolute Gasteiger partial charge is 0.215 e. The SMILES string of the molecule is FC(F)(F)c1ccc2nnc(Cl)nc2c1. The van der Waals surface area contributed by atoms with Crippen LogP contribution in [0.2, 0.25) is 5.28 Å². The van der Waals surface area contributed by atoms with Crippen molar-refractivity contribution in [1.82, 2.24) is 15.2 Å². The molecule has 0 saturated carbocycles. The number of benzene rings is 1. The highest BCUT2D eigenvalue weighted by molar-refractivity contribution is 6.28. The van der Waals surface area contributed by atoms with Gasteiger partial charge in [-0.15, -0.1) is 10.2 Å². The molecule has 0 saturated heterocycles. The molecule has 1 heterocycles. The zero-order chi connectivity index (χ0) is 11.1. The summed E-state index contributed by atoms with van der Waals surface area (Å²) >= 11 is 5.42. The van der Waals surface area contributed by atoms with Crippen molar-refractivity contribution in [3.8, 4) is 0 Å². The molecule has 3 nitrogen and oxygen atoms in total. The Morgan fingerprint density at radius 2 is 1.80 bits per heavy atom. The van der Waals surface area contributed by atoms with E-state index in [0.29, 0.717) is 0 Å². The molecule has 0 aliphatic carbocycles. The largest absolute Gasteiger partial charge is 0.416 e. The van der Waals surface area contributed by atoms with Gasteiger partial charge in [-0.05, 0) is 29.8 Å². The minimum Gasteiger partial charge on any atom is -0.215 e. The Hall–Kier alpha value is -1.43. The maximum atomic E-state index is 12.3. The highest BCUT2D eigenvalue weighted by Crippen LogP contribution is 2.30. The molecular formula is C8H3ClF3N3. The fourth-order valence-electron chi connectivity index (χ4n) is 1.09. The van der Waals surface area contributed by atoms with Crippen LogP contribution in [0.15, 0.2) is 18.2 Å². The lowest BCUT2D eigenvalue weighted by molar-refractivity contribution is -0.137. The van der Waals surface area contributed by atoms with E-state index in [4.69, 9.17) is 11.6 Å². The fourth-order valence-corrected chi connectivity index (χ4v) is 1.22. The van der Waals surface area contributed by atoms with Crippen LogP contribution in [0.4, 0.5) is 13.2 Å². The van der Waals surface area contributed by atoms with E-state index >= 15 is 0 Å². The van der Waals surface area contributed by atoms with Crippen LogP contribution in [0, 0.1) is 0 Å². The molecule has 0 aliphatic heterocycles. The molecule has 2 aromatic rings. The predicted octanol–water partition coefficient (Wildman–Crippen LogP) is 2.70. The van der Waals surface area contributed by atoms with Gasteiger partial charge in [0.1, 0.15) is 5.52 Å². The lowest BCUT2D eigenvalue weighted by Gasteiger charge is -2.06. The molecule has 0 spiro atoms. The summed E-state index contributed by atoms with van der Waals surface area (Å²) in [4.78, 5) is 3.64. The number of fused-ring (bicyclic) bond motifs is 1. The van der Waals surface area contributed by atoms with Crippen molar-refractivity contribution in [2.45, 2.75) is 6.18 Å². The van der Waals surface area contributed by atoms with E-state index in [-0.39, 0.29) is 16.3 Å². The van der Waals surface area contributed by atoms with Gasteiger partial charge >= 0.3 is 6.18 Å². The van der Waals surface area contributed by atoms with Crippen molar-refractivity contribution in [2.24, 2.45) is 0 Å². The highest BCUT2D eigenvalue weighted by Gasteiger charge is 2.30. The van der Waals surface area contributed by atoms with E-state index in [1.807, 2.05) is 0 Å². The summed E-state index contributed by atoms with van der Waals surface area (Å²) in [7, 11) is 0. The molecule has 0 amide bonds. The van der Waals surface area contributed by atoms with Gasteiger partial charge in [-0.3, -0.25) is 0 Å². The summed E-state index contributed by atoms with van der Waals surface area (Å²) in [6, 6.07) is 3.01. The normalized spacial score (nSPS) is 12.0. The Morgan fingerprint density at radius 3 is 2.47 bits per heavy atom. The average Bonchev–Trinajstić information content (AvgIpc) is 2.15. The first-order chi connectivity index (χ1) is 6.97. The molecule has 0 bridgehead atoms. The third-order valence-corrected chi connectivity index (χ3v) is 1.92. The summed E-state index contributed by atoms with van der Waals surface area (Å²) < 4.78 is 37.0. The van der Waals surface area contributed by atoms with Gasteiger partial charge in [0.25, 0.3) is 0 Å². The molecule has 0 N–H and O–H groups in total. The summed E-state index contributed by atoms with van der Waals surface area (Å²) in [5.41, 5.74) is -0.441. The molecule has 0 aliphatic rings. The Labute approximate surface area is 86.9 Å². The first-order valence-electron chi connectivity index (χ1n) is 3.84. The Bertz CT molecular complexity index is 512. The number of alkyl halides is 3. The lowest BCUT2D eigenvalue weighted by atomic mass is 10.2.